The van der Waals surface area contributed by atoms with E-state index in [1.165, 1.54) is 0 Å². The number of imidazole rings is 1. The highest BCUT2D eigenvalue weighted by Gasteiger charge is 2.43. The van der Waals surface area contributed by atoms with Crippen LogP contribution in [0.3, 0.4) is 0 Å². The highest BCUT2D eigenvalue weighted by atomic mass is 19.3. The molecule has 0 saturated heterocycles. The molecule has 6 rings (SSSR count). The van der Waals surface area contributed by atoms with E-state index in [1.54, 1.807) is 31.5 Å². The van der Waals surface area contributed by atoms with Gasteiger partial charge in [0.25, 0.3) is 0 Å². The van der Waals surface area contributed by atoms with Crippen LogP contribution in [-0.4, -0.2) is 50.9 Å². The van der Waals surface area contributed by atoms with Crippen LogP contribution >= 0.6 is 0 Å². The van der Waals surface area contributed by atoms with Crippen LogP contribution in [0.25, 0.3) is 5.65 Å². The van der Waals surface area contributed by atoms with Gasteiger partial charge in [0.1, 0.15) is 12.2 Å². The molecule has 3 aromatic rings. The quantitative estimate of drug-likeness (QED) is 0.196. The lowest BCUT2D eigenvalue weighted by Gasteiger charge is -2.33. The summed E-state index contributed by atoms with van der Waals surface area (Å²) in [5.74, 6) is -1.88. The fraction of sp³-hybridized carbons (Fsp3) is 0.600. The van der Waals surface area contributed by atoms with E-state index in [9.17, 15) is 18.4 Å². The lowest BCUT2D eigenvalue weighted by atomic mass is 9.81. The predicted octanol–water partition coefficient (Wildman–Crippen LogP) is 6.87. The molecule has 1 unspecified atom stereocenters. The Kier molecular flexibility index (Phi) is 9.68. The number of carbonyl (C=O) groups excluding carboxylic acids is 2. The SMILES string of the molecule is CC(C)(C)OC(=O)N[C@H](c1cn2ncc([C@H](NC3C[C@H]3CCNC(=O)OCc3ccccc3)C3CC3)cc2n1)C1CCC(F)(F)CC1. The second-order valence-corrected chi connectivity index (χ2v) is 14.4. The number of ether oxygens (including phenoxy) is 2. The Balaban J connectivity index is 1.07. The molecule has 10 nitrogen and oxygen atoms in total. The molecule has 3 saturated carbocycles. The molecule has 0 spiro atoms. The van der Waals surface area contributed by atoms with Gasteiger partial charge in [-0.05, 0) is 94.2 Å². The third kappa shape index (κ3) is 9.18. The van der Waals surface area contributed by atoms with Crippen molar-refractivity contribution in [1.82, 2.24) is 30.5 Å². The van der Waals surface area contributed by atoms with Crippen LogP contribution in [0.2, 0.25) is 0 Å². The molecule has 3 N–H and O–H groups in total. The zero-order chi connectivity index (χ0) is 33.2. The Labute approximate surface area is 274 Å². The van der Waals surface area contributed by atoms with E-state index in [0.29, 0.717) is 35.8 Å². The molecule has 47 heavy (non-hydrogen) atoms. The van der Waals surface area contributed by atoms with Gasteiger partial charge in [0.05, 0.1) is 24.1 Å². The number of nitrogens with one attached hydrogen (secondary N) is 3. The van der Waals surface area contributed by atoms with Crippen molar-refractivity contribution < 1.29 is 27.8 Å². The molecule has 12 heteroatoms. The van der Waals surface area contributed by atoms with Gasteiger partial charge in [-0.1, -0.05) is 30.3 Å². The van der Waals surface area contributed by atoms with Gasteiger partial charge in [-0.25, -0.2) is 27.9 Å². The number of rotatable bonds is 12. The second-order valence-electron chi connectivity index (χ2n) is 14.4. The fourth-order valence-corrected chi connectivity index (χ4v) is 6.56. The summed E-state index contributed by atoms with van der Waals surface area (Å²) < 4.78 is 40.5. The van der Waals surface area contributed by atoms with Crippen molar-refractivity contribution >= 4 is 17.8 Å². The minimum atomic E-state index is -2.68. The van der Waals surface area contributed by atoms with Crippen LogP contribution in [0.4, 0.5) is 18.4 Å². The summed E-state index contributed by atoms with van der Waals surface area (Å²) in [6.07, 6.45) is 6.97. The predicted molar refractivity (Wildman–Crippen MR) is 172 cm³/mol. The molecule has 0 bridgehead atoms. The van der Waals surface area contributed by atoms with Gasteiger partial charge in [-0.15, -0.1) is 0 Å². The van der Waals surface area contributed by atoms with Crippen molar-refractivity contribution in [3.8, 4) is 0 Å². The van der Waals surface area contributed by atoms with E-state index in [0.717, 1.165) is 36.8 Å². The number of benzene rings is 1. The molecule has 4 atom stereocenters. The Morgan fingerprint density at radius 2 is 1.77 bits per heavy atom. The Morgan fingerprint density at radius 1 is 1.04 bits per heavy atom. The molecule has 0 aliphatic heterocycles. The lowest BCUT2D eigenvalue weighted by molar-refractivity contribution is -0.0500. The number of alkyl halides is 2. The van der Waals surface area contributed by atoms with Crippen LogP contribution < -0.4 is 16.0 Å². The summed E-state index contributed by atoms with van der Waals surface area (Å²) >= 11 is 0. The van der Waals surface area contributed by atoms with Crippen molar-refractivity contribution in [3.05, 3.63) is 65.6 Å². The molecule has 2 aromatic heterocycles. The number of carbonyl (C=O) groups is 2. The Hall–Kier alpha value is -3.80. The minimum Gasteiger partial charge on any atom is -0.445 e. The van der Waals surface area contributed by atoms with Gasteiger partial charge in [0.2, 0.25) is 5.92 Å². The second kappa shape index (κ2) is 13.7. The van der Waals surface area contributed by atoms with E-state index < -0.39 is 29.8 Å². The summed E-state index contributed by atoms with van der Waals surface area (Å²) in [6, 6.07) is 11.6. The highest BCUT2D eigenvalue weighted by molar-refractivity contribution is 5.68. The topological polar surface area (TPSA) is 119 Å². The van der Waals surface area contributed by atoms with Gasteiger partial charge < -0.3 is 25.4 Å². The van der Waals surface area contributed by atoms with E-state index in [1.807, 2.05) is 42.6 Å². The maximum Gasteiger partial charge on any atom is 0.408 e. The molecule has 0 radical (unpaired) electrons. The molecular weight excluding hydrogens is 606 g/mol. The average molecular weight is 653 g/mol. The van der Waals surface area contributed by atoms with Gasteiger partial charge in [0, 0.05) is 31.5 Å². The number of aromatic nitrogens is 3. The monoisotopic (exact) mass is 652 g/mol. The van der Waals surface area contributed by atoms with Gasteiger partial charge >= 0.3 is 12.2 Å². The molecule has 2 amide bonds. The first-order chi connectivity index (χ1) is 22.4. The van der Waals surface area contributed by atoms with E-state index >= 15 is 0 Å². The molecule has 1 aromatic carbocycles. The third-order valence-corrected chi connectivity index (χ3v) is 9.35. The van der Waals surface area contributed by atoms with Gasteiger partial charge in [0.15, 0.2) is 5.65 Å². The van der Waals surface area contributed by atoms with Crippen LogP contribution in [0.15, 0.2) is 48.8 Å². The first-order valence-electron chi connectivity index (χ1n) is 16.9. The summed E-state index contributed by atoms with van der Waals surface area (Å²) in [7, 11) is 0. The van der Waals surface area contributed by atoms with Crippen molar-refractivity contribution in [3.63, 3.8) is 0 Å². The fourth-order valence-electron chi connectivity index (χ4n) is 6.56. The largest absolute Gasteiger partial charge is 0.445 e. The molecule has 3 fully saturated rings. The summed E-state index contributed by atoms with van der Waals surface area (Å²) in [5, 5.41) is 14.3. The Morgan fingerprint density at radius 3 is 2.47 bits per heavy atom. The molecular formula is C35H46F2N6O4. The van der Waals surface area contributed by atoms with Crippen molar-refractivity contribution in [2.24, 2.45) is 17.8 Å². The normalized spacial score (nSPS) is 22.3. The molecule has 2 heterocycles. The number of alkyl carbamates (subject to hydrolysis) is 2. The van der Waals surface area contributed by atoms with E-state index in [4.69, 9.17) is 14.5 Å². The first-order valence-corrected chi connectivity index (χ1v) is 16.9. The maximum atomic E-state index is 14.0. The summed E-state index contributed by atoms with van der Waals surface area (Å²) in [5.41, 5.74) is 2.55. The standard InChI is InChI=1S/C35H46F2N6O4/c1-34(2,3)47-33(45)42-31(24-11-14-35(36,37)15-12-24)28-20-43-29(40-28)18-26(19-39-43)30(23-9-10-23)41-27-17-25(27)13-16-38-32(44)46-21-22-7-5-4-6-8-22/h4-8,18-20,23-25,27,30-31,41H,9-17,21H2,1-3H3,(H,38,44)(H,42,45)/t25-,27?,30-,31+/m1/s1. The van der Waals surface area contributed by atoms with E-state index in [-0.39, 0.29) is 44.2 Å². The van der Waals surface area contributed by atoms with Crippen LogP contribution in [0.5, 0.6) is 0 Å². The first kappa shape index (κ1) is 33.1. The smallest absolute Gasteiger partial charge is 0.408 e. The van der Waals surface area contributed by atoms with Crippen molar-refractivity contribution in [2.75, 3.05) is 6.54 Å². The van der Waals surface area contributed by atoms with E-state index in [2.05, 4.69) is 21.0 Å². The zero-order valence-electron chi connectivity index (χ0n) is 27.4. The minimum absolute atomic E-state index is 0.141. The van der Waals surface area contributed by atoms with Crippen LogP contribution in [0, 0.1) is 17.8 Å². The van der Waals surface area contributed by atoms with Crippen molar-refractivity contribution in [2.45, 2.75) is 108 Å². The summed E-state index contributed by atoms with van der Waals surface area (Å²) in [4.78, 5) is 29.8. The number of nitrogens with zero attached hydrogens (tertiary/aromatic N) is 3. The zero-order valence-corrected chi connectivity index (χ0v) is 27.4. The van der Waals surface area contributed by atoms with Crippen LogP contribution in [-0.2, 0) is 16.1 Å². The Bertz CT molecular complexity index is 1530. The van der Waals surface area contributed by atoms with Crippen molar-refractivity contribution in [1.29, 1.82) is 0 Å². The number of fused-ring (bicyclic) bond motifs is 1. The maximum absolute atomic E-state index is 14.0. The molecule has 254 valence electrons. The third-order valence-electron chi connectivity index (χ3n) is 9.35. The highest BCUT2D eigenvalue weighted by Crippen LogP contribution is 2.45. The number of hydrogen-bond acceptors (Lipinski definition) is 7. The van der Waals surface area contributed by atoms with Crippen LogP contribution in [0.1, 0.15) is 101 Å². The molecule has 3 aliphatic rings. The average Bonchev–Trinajstić information content (AvgIpc) is 3.94. The van der Waals surface area contributed by atoms with Gasteiger partial charge in [-0.3, -0.25) is 0 Å². The molecule has 3 aliphatic carbocycles. The summed E-state index contributed by atoms with van der Waals surface area (Å²) in [6.45, 7) is 6.17. The number of amides is 2. The lowest BCUT2D eigenvalue weighted by Crippen LogP contribution is -2.40. The van der Waals surface area contributed by atoms with Gasteiger partial charge in [-0.2, -0.15) is 5.10 Å². The number of halogens is 2. The number of hydrogen-bond donors (Lipinski definition) is 3.